The molecule has 1 aliphatic carbocycles. The van der Waals surface area contributed by atoms with Crippen LogP contribution in [0.5, 0.6) is 0 Å². The van der Waals surface area contributed by atoms with Gasteiger partial charge >= 0.3 is 5.97 Å². The molecule has 1 heterocycles. The van der Waals surface area contributed by atoms with Crippen molar-refractivity contribution < 1.29 is 19.1 Å². The molecule has 1 aromatic heterocycles. The predicted octanol–water partition coefficient (Wildman–Crippen LogP) is 2.34. The van der Waals surface area contributed by atoms with Gasteiger partial charge in [-0.05, 0) is 29.7 Å². The van der Waals surface area contributed by atoms with Gasteiger partial charge in [0.2, 0.25) is 17.7 Å². The van der Waals surface area contributed by atoms with E-state index in [2.05, 4.69) is 15.5 Å². The fourth-order valence-electron chi connectivity index (χ4n) is 2.92. The first-order valence-electron chi connectivity index (χ1n) is 7.25. The molecule has 1 aliphatic rings. The number of carbonyl (C=O) groups is 2. The first-order chi connectivity index (χ1) is 10.8. The number of carboxylic acid groups (broad SMARTS) is 1. The molecule has 0 radical (unpaired) electrons. The summed E-state index contributed by atoms with van der Waals surface area (Å²) in [6.07, 6.45) is 0. The molecular formula is C16H17N3O4. The maximum absolute atomic E-state index is 12.2. The van der Waals surface area contributed by atoms with Crippen LogP contribution in [0.1, 0.15) is 19.7 Å². The highest BCUT2D eigenvalue weighted by Crippen LogP contribution is 2.58. The number of rotatable bonds is 4. The Morgan fingerprint density at radius 2 is 1.83 bits per heavy atom. The van der Waals surface area contributed by atoms with Crippen molar-refractivity contribution in [3.05, 3.63) is 30.2 Å². The van der Waals surface area contributed by atoms with Crippen LogP contribution in [0, 0.1) is 24.2 Å². The predicted molar refractivity (Wildman–Crippen MR) is 81.5 cm³/mol. The van der Waals surface area contributed by atoms with Crippen LogP contribution in [0.15, 0.2) is 28.7 Å². The molecule has 1 amide bonds. The Kier molecular flexibility index (Phi) is 3.43. The average molecular weight is 315 g/mol. The lowest BCUT2D eigenvalue weighted by atomic mass is 10.1. The minimum absolute atomic E-state index is 0.274. The molecule has 0 unspecified atom stereocenters. The zero-order chi connectivity index (χ0) is 16.8. The third-order valence-corrected chi connectivity index (χ3v) is 4.30. The zero-order valence-corrected chi connectivity index (χ0v) is 13.0. The molecule has 2 atom stereocenters. The van der Waals surface area contributed by atoms with E-state index in [0.29, 0.717) is 17.5 Å². The minimum atomic E-state index is -0.933. The van der Waals surface area contributed by atoms with E-state index in [1.165, 1.54) is 0 Å². The molecule has 120 valence electrons. The summed E-state index contributed by atoms with van der Waals surface area (Å²) in [5.41, 5.74) is 0.831. The SMILES string of the molecule is Cc1nnc(-c2ccc(NC(=O)[C@@H]3[C@@H](C(=O)O)C3(C)C)cc2)o1. The Labute approximate surface area is 132 Å². The Morgan fingerprint density at radius 3 is 2.30 bits per heavy atom. The summed E-state index contributed by atoms with van der Waals surface area (Å²) >= 11 is 0. The molecule has 0 saturated heterocycles. The van der Waals surface area contributed by atoms with Crippen LogP contribution in [-0.2, 0) is 9.59 Å². The number of anilines is 1. The molecule has 3 rings (SSSR count). The Balaban J connectivity index is 1.69. The monoisotopic (exact) mass is 315 g/mol. The number of carboxylic acids is 1. The van der Waals surface area contributed by atoms with Gasteiger partial charge in [-0.25, -0.2) is 0 Å². The second kappa shape index (κ2) is 5.19. The smallest absolute Gasteiger partial charge is 0.307 e. The van der Waals surface area contributed by atoms with Gasteiger partial charge in [-0.2, -0.15) is 0 Å². The van der Waals surface area contributed by atoms with E-state index in [0.717, 1.165) is 5.56 Å². The summed E-state index contributed by atoms with van der Waals surface area (Å²) < 4.78 is 5.33. The third-order valence-electron chi connectivity index (χ3n) is 4.30. The van der Waals surface area contributed by atoms with E-state index in [9.17, 15) is 9.59 Å². The van der Waals surface area contributed by atoms with Crippen LogP contribution in [0.2, 0.25) is 0 Å². The lowest BCUT2D eigenvalue weighted by molar-refractivity contribution is -0.140. The lowest BCUT2D eigenvalue weighted by Gasteiger charge is -2.06. The van der Waals surface area contributed by atoms with Gasteiger partial charge in [0.1, 0.15) is 0 Å². The van der Waals surface area contributed by atoms with E-state index in [-0.39, 0.29) is 5.91 Å². The van der Waals surface area contributed by atoms with Gasteiger partial charge < -0.3 is 14.8 Å². The number of benzene rings is 1. The fourth-order valence-corrected chi connectivity index (χ4v) is 2.92. The highest BCUT2D eigenvalue weighted by molar-refractivity contribution is 5.99. The van der Waals surface area contributed by atoms with Gasteiger partial charge in [-0.3, -0.25) is 9.59 Å². The second-order valence-corrected chi connectivity index (χ2v) is 6.31. The second-order valence-electron chi connectivity index (χ2n) is 6.31. The van der Waals surface area contributed by atoms with Gasteiger partial charge in [0, 0.05) is 18.2 Å². The number of hydrogen-bond acceptors (Lipinski definition) is 5. The van der Waals surface area contributed by atoms with E-state index >= 15 is 0 Å². The molecule has 7 nitrogen and oxygen atoms in total. The standard InChI is InChI=1S/C16H17N3O4/c1-8-18-19-14(23-8)9-4-6-10(7-5-9)17-13(20)11-12(15(21)22)16(11,2)3/h4-7,11-12H,1-3H3,(H,17,20)(H,21,22)/t11-,12-/m0/s1. The topological polar surface area (TPSA) is 105 Å². The number of aromatic nitrogens is 2. The number of nitrogens with zero attached hydrogens (tertiary/aromatic N) is 2. The molecule has 1 fully saturated rings. The summed E-state index contributed by atoms with van der Waals surface area (Å²) in [6.45, 7) is 5.29. The van der Waals surface area contributed by atoms with Crippen molar-refractivity contribution in [2.75, 3.05) is 5.32 Å². The molecule has 2 aromatic rings. The third kappa shape index (κ3) is 2.69. The first-order valence-corrected chi connectivity index (χ1v) is 7.25. The summed E-state index contributed by atoms with van der Waals surface area (Å²) in [5, 5.41) is 19.6. The Hall–Kier alpha value is -2.70. The minimum Gasteiger partial charge on any atom is -0.481 e. The summed E-state index contributed by atoms with van der Waals surface area (Å²) in [7, 11) is 0. The van der Waals surface area contributed by atoms with E-state index < -0.39 is 23.2 Å². The lowest BCUT2D eigenvalue weighted by Crippen LogP contribution is -2.17. The Morgan fingerprint density at radius 1 is 1.17 bits per heavy atom. The quantitative estimate of drug-likeness (QED) is 0.897. The van der Waals surface area contributed by atoms with Crippen molar-refractivity contribution in [1.82, 2.24) is 10.2 Å². The summed E-state index contributed by atoms with van der Waals surface area (Å²) in [5.74, 6) is -1.47. The number of carbonyl (C=O) groups excluding carboxylic acids is 1. The van der Waals surface area contributed by atoms with E-state index in [4.69, 9.17) is 9.52 Å². The van der Waals surface area contributed by atoms with Crippen molar-refractivity contribution in [3.63, 3.8) is 0 Å². The van der Waals surface area contributed by atoms with Crippen molar-refractivity contribution in [3.8, 4) is 11.5 Å². The van der Waals surface area contributed by atoms with Crippen LogP contribution in [0.25, 0.3) is 11.5 Å². The van der Waals surface area contributed by atoms with Crippen LogP contribution >= 0.6 is 0 Å². The normalized spacial score (nSPS) is 21.7. The van der Waals surface area contributed by atoms with Crippen molar-refractivity contribution >= 4 is 17.6 Å². The molecule has 0 bridgehead atoms. The molecule has 7 heteroatoms. The van der Waals surface area contributed by atoms with Crippen molar-refractivity contribution in [2.24, 2.45) is 17.3 Å². The Bertz CT molecular complexity index is 764. The number of aliphatic carboxylic acids is 1. The highest BCUT2D eigenvalue weighted by Gasteiger charge is 2.65. The first kappa shape index (κ1) is 15.2. The fraction of sp³-hybridized carbons (Fsp3) is 0.375. The molecule has 1 saturated carbocycles. The number of nitrogens with one attached hydrogen (secondary N) is 1. The van der Waals surface area contributed by atoms with Gasteiger partial charge in [0.15, 0.2) is 0 Å². The van der Waals surface area contributed by atoms with Gasteiger partial charge in [0.05, 0.1) is 11.8 Å². The molecule has 0 aliphatic heterocycles. The molecule has 1 aromatic carbocycles. The highest BCUT2D eigenvalue weighted by atomic mass is 16.4. The number of amides is 1. The van der Waals surface area contributed by atoms with Crippen LogP contribution in [-0.4, -0.2) is 27.2 Å². The van der Waals surface area contributed by atoms with Crippen LogP contribution < -0.4 is 5.32 Å². The summed E-state index contributed by atoms with van der Waals surface area (Å²) in [6, 6.07) is 6.96. The average Bonchev–Trinajstić information content (AvgIpc) is 2.83. The molecular weight excluding hydrogens is 298 g/mol. The maximum atomic E-state index is 12.2. The number of aryl methyl sites for hydroxylation is 1. The van der Waals surface area contributed by atoms with Crippen LogP contribution in [0.3, 0.4) is 0 Å². The number of hydrogen-bond donors (Lipinski definition) is 2. The van der Waals surface area contributed by atoms with Gasteiger partial charge in [0.25, 0.3) is 0 Å². The molecule has 23 heavy (non-hydrogen) atoms. The molecule has 0 spiro atoms. The summed E-state index contributed by atoms with van der Waals surface area (Å²) in [4.78, 5) is 23.4. The van der Waals surface area contributed by atoms with E-state index in [1.807, 2.05) is 0 Å². The molecule has 2 N–H and O–H groups in total. The zero-order valence-electron chi connectivity index (χ0n) is 13.0. The van der Waals surface area contributed by atoms with Crippen molar-refractivity contribution in [1.29, 1.82) is 0 Å². The maximum Gasteiger partial charge on any atom is 0.307 e. The van der Waals surface area contributed by atoms with Gasteiger partial charge in [-0.15, -0.1) is 10.2 Å². The van der Waals surface area contributed by atoms with Crippen LogP contribution in [0.4, 0.5) is 5.69 Å². The van der Waals surface area contributed by atoms with Gasteiger partial charge in [-0.1, -0.05) is 13.8 Å². The van der Waals surface area contributed by atoms with Crippen molar-refractivity contribution in [2.45, 2.75) is 20.8 Å². The largest absolute Gasteiger partial charge is 0.481 e. The van der Waals surface area contributed by atoms with E-state index in [1.54, 1.807) is 45.0 Å².